The number of aryl methyl sites for hydroxylation is 1. The number of hydrogen-bond donors (Lipinski definition) is 2. The van der Waals surface area contributed by atoms with Gasteiger partial charge in [0.2, 0.25) is 15.9 Å². The summed E-state index contributed by atoms with van der Waals surface area (Å²) in [6.07, 6.45) is 0.382. The molecule has 0 saturated heterocycles. The van der Waals surface area contributed by atoms with Crippen molar-refractivity contribution in [3.63, 3.8) is 0 Å². The highest BCUT2D eigenvalue weighted by molar-refractivity contribution is 7.89. The summed E-state index contributed by atoms with van der Waals surface area (Å²) in [5, 5.41) is 6.70. The maximum atomic E-state index is 12.2. The third-order valence-corrected chi connectivity index (χ3v) is 4.26. The van der Waals surface area contributed by atoms with E-state index >= 15 is 0 Å². The molecule has 0 unspecified atom stereocenters. The van der Waals surface area contributed by atoms with Crippen LogP contribution in [0.5, 0.6) is 0 Å². The Labute approximate surface area is 123 Å². The molecule has 0 radical (unpaired) electrons. The van der Waals surface area contributed by atoms with Crippen LogP contribution in [0.1, 0.15) is 17.3 Å². The highest BCUT2D eigenvalue weighted by atomic mass is 32.2. The number of nitrogens with zero attached hydrogens (tertiary/aromatic N) is 2. The fourth-order valence-corrected chi connectivity index (χ4v) is 2.95. The topological polar surface area (TPSA) is 97.1 Å². The number of nitrogens with one attached hydrogen (secondary N) is 2. The molecular formula is C13H18N4O3S. The van der Waals surface area contributed by atoms with Crippen LogP contribution in [-0.4, -0.2) is 32.2 Å². The van der Waals surface area contributed by atoms with E-state index in [1.54, 1.807) is 25.1 Å². The summed E-state index contributed by atoms with van der Waals surface area (Å²) in [6.45, 7) is 2.52. The maximum absolute atomic E-state index is 12.2. The lowest BCUT2D eigenvalue weighted by atomic mass is 10.2. The number of benzene rings is 1. The van der Waals surface area contributed by atoms with E-state index in [2.05, 4.69) is 20.2 Å². The van der Waals surface area contributed by atoms with Gasteiger partial charge in [-0.15, -0.1) is 0 Å². The molecule has 0 aliphatic rings. The van der Waals surface area contributed by atoms with E-state index in [9.17, 15) is 8.42 Å². The van der Waals surface area contributed by atoms with Crippen molar-refractivity contribution in [3.8, 4) is 0 Å². The van der Waals surface area contributed by atoms with E-state index in [4.69, 9.17) is 4.52 Å². The molecule has 0 atom stereocenters. The quantitative estimate of drug-likeness (QED) is 0.778. The molecule has 0 bridgehead atoms. The molecule has 2 N–H and O–H groups in total. The normalized spacial score (nSPS) is 11.7. The molecule has 0 saturated carbocycles. The van der Waals surface area contributed by atoms with Crippen molar-refractivity contribution in [3.05, 3.63) is 41.5 Å². The highest BCUT2D eigenvalue weighted by Gasteiger charge is 2.14. The Balaban J connectivity index is 1.99. The fraction of sp³-hybridized carbons (Fsp3) is 0.385. The van der Waals surface area contributed by atoms with Gasteiger partial charge in [0.25, 0.3) is 0 Å². The summed E-state index contributed by atoms with van der Waals surface area (Å²) in [7, 11) is -1.72. The van der Waals surface area contributed by atoms with Crippen molar-refractivity contribution in [2.24, 2.45) is 0 Å². The van der Waals surface area contributed by atoms with Crippen molar-refractivity contribution in [1.29, 1.82) is 0 Å². The minimum Gasteiger partial charge on any atom is -0.340 e. The third kappa shape index (κ3) is 4.35. The van der Waals surface area contributed by atoms with Gasteiger partial charge >= 0.3 is 0 Å². The number of sulfonamides is 1. The summed E-state index contributed by atoms with van der Waals surface area (Å²) in [4.78, 5) is 4.27. The first-order valence-electron chi connectivity index (χ1n) is 6.53. The Bertz CT molecular complexity index is 697. The molecule has 8 heteroatoms. The van der Waals surface area contributed by atoms with Gasteiger partial charge in [0, 0.05) is 26.4 Å². The Morgan fingerprint density at radius 2 is 2.14 bits per heavy atom. The van der Waals surface area contributed by atoms with Crippen molar-refractivity contribution in [2.75, 3.05) is 13.6 Å². The first-order valence-corrected chi connectivity index (χ1v) is 8.02. The van der Waals surface area contributed by atoms with E-state index in [0.29, 0.717) is 24.7 Å². The van der Waals surface area contributed by atoms with Crippen LogP contribution in [0, 0.1) is 6.92 Å². The van der Waals surface area contributed by atoms with Crippen LogP contribution in [0.2, 0.25) is 0 Å². The van der Waals surface area contributed by atoms with Crippen molar-refractivity contribution in [2.45, 2.75) is 24.8 Å². The Morgan fingerprint density at radius 1 is 1.33 bits per heavy atom. The zero-order chi connectivity index (χ0) is 15.3. The zero-order valence-corrected chi connectivity index (χ0v) is 12.8. The molecule has 0 amide bonds. The second-order valence-corrected chi connectivity index (χ2v) is 6.32. The lowest BCUT2D eigenvalue weighted by Gasteiger charge is -2.07. The monoisotopic (exact) mass is 310 g/mol. The predicted octanol–water partition coefficient (Wildman–Crippen LogP) is 0.618. The number of hydrogen-bond acceptors (Lipinski definition) is 6. The smallest absolute Gasteiger partial charge is 0.240 e. The summed E-state index contributed by atoms with van der Waals surface area (Å²) in [5.41, 5.74) is 0.911. The van der Waals surface area contributed by atoms with Crippen LogP contribution in [0.25, 0.3) is 0 Å². The van der Waals surface area contributed by atoms with E-state index < -0.39 is 10.0 Å². The molecule has 0 spiro atoms. The lowest BCUT2D eigenvalue weighted by Crippen LogP contribution is -2.26. The second kappa shape index (κ2) is 6.79. The highest BCUT2D eigenvalue weighted by Crippen LogP contribution is 2.11. The van der Waals surface area contributed by atoms with Crippen molar-refractivity contribution in [1.82, 2.24) is 20.2 Å². The number of aromatic nitrogens is 2. The molecule has 1 heterocycles. The largest absolute Gasteiger partial charge is 0.340 e. The number of rotatable bonds is 7. The van der Waals surface area contributed by atoms with E-state index in [0.717, 1.165) is 5.56 Å². The molecule has 0 aliphatic carbocycles. The fourth-order valence-electron chi connectivity index (χ4n) is 1.85. The average Bonchev–Trinajstić information content (AvgIpc) is 2.85. The molecule has 1 aromatic carbocycles. The van der Waals surface area contributed by atoms with Gasteiger partial charge in [0.15, 0.2) is 5.82 Å². The molecular weight excluding hydrogens is 292 g/mol. The lowest BCUT2D eigenvalue weighted by molar-refractivity contribution is 0.387. The second-order valence-electron chi connectivity index (χ2n) is 4.56. The van der Waals surface area contributed by atoms with Crippen LogP contribution < -0.4 is 10.0 Å². The predicted molar refractivity (Wildman–Crippen MR) is 77.1 cm³/mol. The third-order valence-electron chi connectivity index (χ3n) is 2.80. The summed E-state index contributed by atoms with van der Waals surface area (Å²) in [6, 6.07) is 6.82. The van der Waals surface area contributed by atoms with Crippen molar-refractivity contribution >= 4 is 10.0 Å². The Kier molecular flexibility index (Phi) is 5.05. The van der Waals surface area contributed by atoms with Crippen LogP contribution in [0.3, 0.4) is 0 Å². The van der Waals surface area contributed by atoms with Crippen molar-refractivity contribution < 1.29 is 12.9 Å². The molecule has 2 aromatic rings. The van der Waals surface area contributed by atoms with Gasteiger partial charge in [-0.05, 0) is 24.7 Å². The maximum Gasteiger partial charge on any atom is 0.240 e. The Hall–Kier alpha value is -1.77. The van der Waals surface area contributed by atoms with E-state index in [-0.39, 0.29) is 11.4 Å². The summed E-state index contributed by atoms with van der Waals surface area (Å²) >= 11 is 0. The van der Waals surface area contributed by atoms with Gasteiger partial charge in [-0.3, -0.25) is 0 Å². The minimum atomic E-state index is -3.53. The van der Waals surface area contributed by atoms with Crippen LogP contribution in [0.4, 0.5) is 0 Å². The summed E-state index contributed by atoms with van der Waals surface area (Å²) < 4.78 is 31.7. The van der Waals surface area contributed by atoms with Gasteiger partial charge in [-0.25, -0.2) is 13.1 Å². The van der Waals surface area contributed by atoms with Crippen LogP contribution in [0.15, 0.2) is 33.7 Å². The first kappa shape index (κ1) is 15.6. The van der Waals surface area contributed by atoms with Gasteiger partial charge in [-0.1, -0.05) is 17.3 Å². The molecule has 0 aliphatic heterocycles. The summed E-state index contributed by atoms with van der Waals surface area (Å²) in [5.74, 6) is 0.951. The van der Waals surface area contributed by atoms with Gasteiger partial charge in [0.1, 0.15) is 0 Å². The van der Waals surface area contributed by atoms with Gasteiger partial charge in [-0.2, -0.15) is 4.98 Å². The molecule has 7 nitrogen and oxygen atoms in total. The van der Waals surface area contributed by atoms with E-state index in [1.807, 2.05) is 13.1 Å². The molecule has 21 heavy (non-hydrogen) atoms. The molecule has 1 aromatic heterocycles. The first-order chi connectivity index (χ1) is 10.0. The van der Waals surface area contributed by atoms with Gasteiger partial charge < -0.3 is 9.84 Å². The molecule has 2 rings (SSSR count). The zero-order valence-electron chi connectivity index (χ0n) is 12.0. The average molecular weight is 310 g/mol. The van der Waals surface area contributed by atoms with Crippen LogP contribution >= 0.6 is 0 Å². The van der Waals surface area contributed by atoms with Crippen LogP contribution in [-0.2, 0) is 23.0 Å². The standard InChI is InChI=1S/C13H18N4O3S/c1-10-16-13(17-20-10)6-7-15-21(18,19)12-5-3-4-11(8-12)9-14-2/h3-5,8,14-15H,6-7,9H2,1-2H3. The minimum absolute atomic E-state index is 0.220. The molecule has 0 fully saturated rings. The SMILES string of the molecule is CNCc1cccc(S(=O)(=O)NCCc2noc(C)n2)c1. The van der Waals surface area contributed by atoms with E-state index in [1.165, 1.54) is 0 Å². The Morgan fingerprint density at radius 3 is 2.81 bits per heavy atom. The molecule has 114 valence electrons. The van der Waals surface area contributed by atoms with Gasteiger partial charge in [0.05, 0.1) is 4.90 Å².